The van der Waals surface area contributed by atoms with E-state index in [1.165, 1.54) is 12.1 Å². The second-order valence-electron chi connectivity index (χ2n) is 2.84. The van der Waals surface area contributed by atoms with Crippen molar-refractivity contribution in [2.75, 3.05) is 0 Å². The zero-order valence-electron chi connectivity index (χ0n) is 7.58. The first-order chi connectivity index (χ1) is 7.20. The molecule has 0 aliphatic carbocycles. The van der Waals surface area contributed by atoms with E-state index in [1.807, 2.05) is 22.6 Å². The molecular formula is C9H7FIN3O. The van der Waals surface area contributed by atoms with Gasteiger partial charge in [0.25, 0.3) is 5.89 Å². The molecule has 1 heterocycles. The van der Waals surface area contributed by atoms with Gasteiger partial charge in [-0.05, 0) is 40.8 Å². The molecule has 0 aliphatic rings. The van der Waals surface area contributed by atoms with Crippen LogP contribution < -0.4 is 5.73 Å². The number of hydrogen-bond donors (Lipinski definition) is 1. The molecule has 0 radical (unpaired) electrons. The number of nitrogens with two attached hydrogens (primary N) is 1. The van der Waals surface area contributed by atoms with Crippen LogP contribution in [-0.2, 0) is 6.54 Å². The van der Waals surface area contributed by atoms with Crippen LogP contribution in [0.5, 0.6) is 0 Å². The average molecular weight is 319 g/mol. The third kappa shape index (κ3) is 2.15. The molecule has 0 amide bonds. The van der Waals surface area contributed by atoms with Crippen LogP contribution in [0.25, 0.3) is 11.5 Å². The van der Waals surface area contributed by atoms with Crippen molar-refractivity contribution in [2.24, 2.45) is 5.73 Å². The van der Waals surface area contributed by atoms with Crippen molar-refractivity contribution in [3.63, 3.8) is 0 Å². The Hall–Kier alpha value is -1.02. The standard InChI is InChI=1S/C9H7FIN3O/c10-5-1-2-6(7(11)3-5)9-13-8(4-12)14-15-9/h1-3H,4,12H2. The van der Waals surface area contributed by atoms with Gasteiger partial charge in [0, 0.05) is 3.57 Å². The van der Waals surface area contributed by atoms with Crippen molar-refractivity contribution in [3.05, 3.63) is 33.4 Å². The van der Waals surface area contributed by atoms with Gasteiger partial charge in [-0.25, -0.2) is 4.39 Å². The summed E-state index contributed by atoms with van der Waals surface area (Å²) in [5.41, 5.74) is 6.07. The molecule has 15 heavy (non-hydrogen) atoms. The van der Waals surface area contributed by atoms with Gasteiger partial charge >= 0.3 is 0 Å². The number of benzene rings is 1. The van der Waals surface area contributed by atoms with E-state index in [4.69, 9.17) is 10.3 Å². The summed E-state index contributed by atoms with van der Waals surface area (Å²) in [5.74, 6) is 0.506. The maximum Gasteiger partial charge on any atom is 0.259 e. The lowest BCUT2D eigenvalue weighted by atomic mass is 10.2. The molecule has 0 atom stereocenters. The Bertz CT molecular complexity index is 486. The number of aromatic nitrogens is 2. The molecule has 0 spiro atoms. The highest BCUT2D eigenvalue weighted by Gasteiger charge is 2.11. The Labute approximate surface area is 98.8 Å². The van der Waals surface area contributed by atoms with Gasteiger partial charge in [-0.3, -0.25) is 0 Å². The molecule has 0 fully saturated rings. The third-order valence-corrected chi connectivity index (χ3v) is 2.70. The van der Waals surface area contributed by atoms with Crippen LogP contribution in [0.1, 0.15) is 5.82 Å². The molecule has 2 N–H and O–H groups in total. The van der Waals surface area contributed by atoms with E-state index in [0.717, 1.165) is 3.57 Å². The number of nitrogens with zero attached hydrogens (tertiary/aromatic N) is 2. The smallest absolute Gasteiger partial charge is 0.259 e. The van der Waals surface area contributed by atoms with Crippen molar-refractivity contribution in [3.8, 4) is 11.5 Å². The van der Waals surface area contributed by atoms with Gasteiger partial charge in [0.05, 0.1) is 12.1 Å². The first kappa shape index (κ1) is 10.5. The summed E-state index contributed by atoms with van der Waals surface area (Å²) in [4.78, 5) is 4.06. The highest BCUT2D eigenvalue weighted by Crippen LogP contribution is 2.24. The Kier molecular flexibility index (Phi) is 2.96. The fourth-order valence-corrected chi connectivity index (χ4v) is 1.82. The van der Waals surface area contributed by atoms with Gasteiger partial charge < -0.3 is 10.3 Å². The molecule has 0 aliphatic heterocycles. The second-order valence-corrected chi connectivity index (χ2v) is 4.01. The zero-order chi connectivity index (χ0) is 10.8. The summed E-state index contributed by atoms with van der Waals surface area (Å²) in [6.45, 7) is 0.223. The van der Waals surface area contributed by atoms with Crippen molar-refractivity contribution < 1.29 is 8.91 Å². The van der Waals surface area contributed by atoms with E-state index in [1.54, 1.807) is 6.07 Å². The largest absolute Gasteiger partial charge is 0.334 e. The van der Waals surface area contributed by atoms with Gasteiger partial charge in [0.1, 0.15) is 5.82 Å². The van der Waals surface area contributed by atoms with E-state index in [2.05, 4.69) is 10.1 Å². The normalized spacial score (nSPS) is 10.6. The Morgan fingerprint density at radius 2 is 2.27 bits per heavy atom. The molecule has 1 aromatic heterocycles. The summed E-state index contributed by atoms with van der Waals surface area (Å²) in [6, 6.07) is 4.36. The maximum atomic E-state index is 12.8. The molecular weight excluding hydrogens is 312 g/mol. The molecule has 1 aromatic carbocycles. The monoisotopic (exact) mass is 319 g/mol. The van der Waals surface area contributed by atoms with Crippen molar-refractivity contribution in [2.45, 2.75) is 6.54 Å². The predicted octanol–water partition coefficient (Wildman–Crippen LogP) is 1.94. The van der Waals surface area contributed by atoms with E-state index >= 15 is 0 Å². The first-order valence-corrected chi connectivity index (χ1v) is 5.26. The Morgan fingerprint density at radius 1 is 1.47 bits per heavy atom. The Balaban J connectivity index is 2.44. The second kappa shape index (κ2) is 4.23. The third-order valence-electron chi connectivity index (χ3n) is 1.81. The highest BCUT2D eigenvalue weighted by molar-refractivity contribution is 14.1. The van der Waals surface area contributed by atoms with Crippen LogP contribution in [0.2, 0.25) is 0 Å². The zero-order valence-corrected chi connectivity index (χ0v) is 9.73. The van der Waals surface area contributed by atoms with Crippen LogP contribution in [0.4, 0.5) is 4.39 Å². The average Bonchev–Trinajstić information content (AvgIpc) is 2.66. The molecule has 0 unspecified atom stereocenters. The number of rotatable bonds is 2. The molecule has 4 nitrogen and oxygen atoms in total. The van der Waals surface area contributed by atoms with E-state index in [0.29, 0.717) is 17.3 Å². The molecule has 2 rings (SSSR count). The number of halogens is 2. The molecule has 78 valence electrons. The molecule has 2 aromatic rings. The lowest BCUT2D eigenvalue weighted by Crippen LogP contribution is -1.97. The lowest BCUT2D eigenvalue weighted by Gasteiger charge is -1.97. The van der Waals surface area contributed by atoms with Gasteiger partial charge in [-0.15, -0.1) is 0 Å². The minimum Gasteiger partial charge on any atom is -0.334 e. The van der Waals surface area contributed by atoms with Crippen molar-refractivity contribution in [1.29, 1.82) is 0 Å². The van der Waals surface area contributed by atoms with E-state index < -0.39 is 0 Å². The van der Waals surface area contributed by atoms with Crippen LogP contribution in [0.15, 0.2) is 22.7 Å². The van der Waals surface area contributed by atoms with Crippen LogP contribution >= 0.6 is 22.6 Å². The van der Waals surface area contributed by atoms with Crippen molar-refractivity contribution >= 4 is 22.6 Å². The van der Waals surface area contributed by atoms with Crippen LogP contribution in [0, 0.1) is 9.39 Å². The molecule has 6 heteroatoms. The fourth-order valence-electron chi connectivity index (χ4n) is 1.11. The summed E-state index contributed by atoms with van der Waals surface area (Å²) in [7, 11) is 0. The lowest BCUT2D eigenvalue weighted by molar-refractivity contribution is 0.422. The van der Waals surface area contributed by atoms with Gasteiger partial charge in [-0.1, -0.05) is 5.16 Å². The minimum atomic E-state index is -0.290. The predicted molar refractivity (Wildman–Crippen MR) is 60.3 cm³/mol. The van der Waals surface area contributed by atoms with Gasteiger partial charge in [-0.2, -0.15) is 4.98 Å². The fraction of sp³-hybridized carbons (Fsp3) is 0.111. The summed E-state index contributed by atoms with van der Waals surface area (Å²) in [6.07, 6.45) is 0. The SMILES string of the molecule is NCc1noc(-c2ccc(F)cc2I)n1. The topological polar surface area (TPSA) is 64.9 Å². The summed E-state index contributed by atoms with van der Waals surface area (Å²) in [5, 5.41) is 3.67. The van der Waals surface area contributed by atoms with E-state index in [9.17, 15) is 4.39 Å². The van der Waals surface area contributed by atoms with Crippen LogP contribution in [-0.4, -0.2) is 10.1 Å². The van der Waals surface area contributed by atoms with Crippen LogP contribution in [0.3, 0.4) is 0 Å². The Morgan fingerprint density at radius 3 is 2.87 bits per heavy atom. The maximum absolute atomic E-state index is 12.8. The molecule has 0 saturated carbocycles. The first-order valence-electron chi connectivity index (χ1n) is 4.19. The van der Waals surface area contributed by atoms with Gasteiger partial charge in [0.15, 0.2) is 5.82 Å². The molecule has 0 saturated heterocycles. The summed E-state index contributed by atoms with van der Waals surface area (Å²) >= 11 is 2.01. The number of hydrogen-bond acceptors (Lipinski definition) is 4. The quantitative estimate of drug-likeness (QED) is 0.859. The van der Waals surface area contributed by atoms with Gasteiger partial charge in [0.2, 0.25) is 0 Å². The molecule has 0 bridgehead atoms. The van der Waals surface area contributed by atoms with E-state index in [-0.39, 0.29) is 12.4 Å². The summed E-state index contributed by atoms with van der Waals surface area (Å²) < 4.78 is 18.6. The highest BCUT2D eigenvalue weighted by atomic mass is 127. The van der Waals surface area contributed by atoms with Crippen molar-refractivity contribution in [1.82, 2.24) is 10.1 Å². The minimum absolute atomic E-state index is 0.223.